The van der Waals surface area contributed by atoms with E-state index in [0.29, 0.717) is 5.69 Å². The molecule has 0 aromatic heterocycles. The predicted octanol–water partition coefficient (Wildman–Crippen LogP) is 2.68. The van der Waals surface area contributed by atoms with Gasteiger partial charge in [-0.05, 0) is 31.2 Å². The van der Waals surface area contributed by atoms with E-state index in [1.165, 1.54) is 19.2 Å². The van der Waals surface area contributed by atoms with Crippen LogP contribution in [0.25, 0.3) is 0 Å². The van der Waals surface area contributed by atoms with Crippen LogP contribution in [0.15, 0.2) is 24.3 Å². The van der Waals surface area contributed by atoms with Gasteiger partial charge in [0, 0.05) is 12.8 Å². The molecule has 1 rings (SSSR count). The molecule has 0 fully saturated rings. The van der Waals surface area contributed by atoms with Crippen LogP contribution in [0.1, 0.15) is 12.5 Å². The van der Waals surface area contributed by atoms with E-state index >= 15 is 0 Å². The molecule has 1 N–H and O–H groups in total. The van der Waals surface area contributed by atoms with Gasteiger partial charge in [-0.1, -0.05) is 0 Å². The van der Waals surface area contributed by atoms with E-state index in [4.69, 9.17) is 4.74 Å². The molecule has 1 aromatic rings. The van der Waals surface area contributed by atoms with Crippen LogP contribution in [0, 0.1) is 0 Å². The lowest BCUT2D eigenvalue weighted by Crippen LogP contribution is -2.26. The number of ether oxygens (including phenoxy) is 1. The molecule has 1 aromatic carbocycles. The zero-order valence-electron chi connectivity index (χ0n) is 9.34. The van der Waals surface area contributed by atoms with Gasteiger partial charge in [0.05, 0.1) is 5.56 Å². The van der Waals surface area contributed by atoms with Crippen molar-refractivity contribution in [1.29, 1.82) is 0 Å². The van der Waals surface area contributed by atoms with Crippen molar-refractivity contribution in [3.63, 3.8) is 0 Å². The number of anilines is 1. The molecule has 1 amide bonds. The van der Waals surface area contributed by atoms with Crippen LogP contribution < -0.4 is 5.32 Å². The van der Waals surface area contributed by atoms with Crippen LogP contribution in [0.4, 0.5) is 18.9 Å². The Balaban J connectivity index is 2.73. The number of methoxy groups -OCH3 is 1. The van der Waals surface area contributed by atoms with E-state index in [2.05, 4.69) is 5.32 Å². The first-order valence-electron chi connectivity index (χ1n) is 4.85. The van der Waals surface area contributed by atoms with Gasteiger partial charge in [-0.15, -0.1) is 0 Å². The van der Waals surface area contributed by atoms with Gasteiger partial charge in [0.2, 0.25) is 0 Å². The average molecular weight is 247 g/mol. The van der Waals surface area contributed by atoms with Gasteiger partial charge >= 0.3 is 6.18 Å². The second-order valence-corrected chi connectivity index (χ2v) is 3.44. The third-order valence-electron chi connectivity index (χ3n) is 2.20. The number of amides is 1. The molecule has 94 valence electrons. The van der Waals surface area contributed by atoms with Gasteiger partial charge < -0.3 is 10.1 Å². The minimum Gasteiger partial charge on any atom is -0.372 e. The van der Waals surface area contributed by atoms with Crippen molar-refractivity contribution in [1.82, 2.24) is 0 Å². The summed E-state index contributed by atoms with van der Waals surface area (Å²) < 4.78 is 41.5. The fourth-order valence-corrected chi connectivity index (χ4v) is 1.09. The summed E-state index contributed by atoms with van der Waals surface area (Å²) in [6.45, 7) is 1.54. The molecule has 0 radical (unpaired) electrons. The van der Waals surface area contributed by atoms with Crippen molar-refractivity contribution in [2.45, 2.75) is 19.2 Å². The van der Waals surface area contributed by atoms with Crippen LogP contribution in [-0.2, 0) is 15.7 Å². The second kappa shape index (κ2) is 5.18. The summed E-state index contributed by atoms with van der Waals surface area (Å²) in [5, 5.41) is 2.44. The maximum absolute atomic E-state index is 12.3. The Morgan fingerprint density at radius 2 is 1.82 bits per heavy atom. The van der Waals surface area contributed by atoms with Crippen molar-refractivity contribution in [3.8, 4) is 0 Å². The number of nitrogens with one attached hydrogen (secondary N) is 1. The van der Waals surface area contributed by atoms with E-state index in [-0.39, 0.29) is 0 Å². The molecule has 0 saturated carbocycles. The molecule has 0 aliphatic carbocycles. The highest BCUT2D eigenvalue weighted by atomic mass is 19.4. The minimum atomic E-state index is -4.37. The summed E-state index contributed by atoms with van der Waals surface area (Å²) in [4.78, 5) is 11.4. The zero-order chi connectivity index (χ0) is 13.1. The van der Waals surface area contributed by atoms with Gasteiger partial charge in [0.25, 0.3) is 5.91 Å². The molecule has 17 heavy (non-hydrogen) atoms. The molecule has 1 atom stereocenters. The quantitative estimate of drug-likeness (QED) is 0.891. The topological polar surface area (TPSA) is 38.3 Å². The summed E-state index contributed by atoms with van der Waals surface area (Å²) in [7, 11) is 1.37. The highest BCUT2D eigenvalue weighted by Gasteiger charge is 2.30. The molecular formula is C11H12F3NO2. The molecule has 0 aliphatic rings. The number of carbonyl (C=O) groups excluding carboxylic acids is 1. The number of hydrogen-bond donors (Lipinski definition) is 1. The predicted molar refractivity (Wildman–Crippen MR) is 56.5 cm³/mol. The zero-order valence-corrected chi connectivity index (χ0v) is 9.34. The summed E-state index contributed by atoms with van der Waals surface area (Å²) in [6, 6.07) is 4.21. The highest BCUT2D eigenvalue weighted by molar-refractivity contribution is 5.93. The van der Waals surface area contributed by atoms with Crippen molar-refractivity contribution in [3.05, 3.63) is 29.8 Å². The Hall–Kier alpha value is -1.56. The number of carbonyl (C=O) groups is 1. The van der Waals surface area contributed by atoms with Crippen molar-refractivity contribution >= 4 is 11.6 Å². The van der Waals surface area contributed by atoms with E-state index in [1.807, 2.05) is 0 Å². The van der Waals surface area contributed by atoms with E-state index < -0.39 is 23.8 Å². The van der Waals surface area contributed by atoms with Crippen molar-refractivity contribution < 1.29 is 22.7 Å². The standard InChI is InChI=1S/C11H12F3NO2/c1-7(17-2)10(16)15-9-5-3-8(4-6-9)11(12,13)14/h3-7H,1-2H3,(H,15,16). The highest BCUT2D eigenvalue weighted by Crippen LogP contribution is 2.29. The van der Waals surface area contributed by atoms with E-state index in [9.17, 15) is 18.0 Å². The van der Waals surface area contributed by atoms with Crippen molar-refractivity contribution in [2.75, 3.05) is 12.4 Å². The normalized spacial score (nSPS) is 13.2. The molecule has 0 spiro atoms. The summed E-state index contributed by atoms with van der Waals surface area (Å²) >= 11 is 0. The first-order chi connectivity index (χ1) is 7.84. The molecule has 0 heterocycles. The van der Waals surface area contributed by atoms with Crippen LogP contribution >= 0.6 is 0 Å². The number of halogens is 3. The third kappa shape index (κ3) is 3.74. The first-order valence-corrected chi connectivity index (χ1v) is 4.85. The summed E-state index contributed by atoms with van der Waals surface area (Å²) in [6.07, 6.45) is -5.03. The van der Waals surface area contributed by atoms with E-state index in [0.717, 1.165) is 12.1 Å². The average Bonchev–Trinajstić information content (AvgIpc) is 2.27. The SMILES string of the molecule is COC(C)C(=O)Nc1ccc(C(F)(F)F)cc1. The van der Waals surface area contributed by atoms with Gasteiger partial charge in [-0.2, -0.15) is 13.2 Å². The fraction of sp³-hybridized carbons (Fsp3) is 0.364. The molecular weight excluding hydrogens is 235 g/mol. The summed E-state index contributed by atoms with van der Waals surface area (Å²) in [5.74, 6) is -0.410. The molecule has 6 heteroatoms. The van der Waals surface area contributed by atoms with Gasteiger partial charge in [-0.3, -0.25) is 4.79 Å². The lowest BCUT2D eigenvalue weighted by molar-refractivity contribution is -0.137. The Kier molecular flexibility index (Phi) is 4.11. The Morgan fingerprint density at radius 3 is 2.24 bits per heavy atom. The van der Waals surface area contributed by atoms with Crippen LogP contribution in [-0.4, -0.2) is 19.1 Å². The monoisotopic (exact) mass is 247 g/mol. The Bertz CT molecular complexity index is 387. The number of rotatable bonds is 3. The number of hydrogen-bond acceptors (Lipinski definition) is 2. The maximum Gasteiger partial charge on any atom is 0.416 e. The smallest absolute Gasteiger partial charge is 0.372 e. The minimum absolute atomic E-state index is 0.298. The molecule has 0 bridgehead atoms. The van der Waals surface area contributed by atoms with Gasteiger partial charge in [0.15, 0.2) is 0 Å². The number of benzene rings is 1. The van der Waals surface area contributed by atoms with Gasteiger partial charge in [-0.25, -0.2) is 0 Å². The third-order valence-corrected chi connectivity index (χ3v) is 2.20. The molecule has 0 aliphatic heterocycles. The Labute approximate surface area is 96.6 Å². The lowest BCUT2D eigenvalue weighted by atomic mass is 10.2. The summed E-state index contributed by atoms with van der Waals surface area (Å²) in [5.41, 5.74) is -0.456. The largest absolute Gasteiger partial charge is 0.416 e. The van der Waals surface area contributed by atoms with Crippen LogP contribution in [0.2, 0.25) is 0 Å². The fourth-order valence-electron chi connectivity index (χ4n) is 1.09. The van der Waals surface area contributed by atoms with Gasteiger partial charge in [0.1, 0.15) is 6.10 Å². The second-order valence-electron chi connectivity index (χ2n) is 3.44. The molecule has 0 saturated heterocycles. The lowest BCUT2D eigenvalue weighted by Gasteiger charge is -2.11. The Morgan fingerprint density at radius 1 is 1.29 bits per heavy atom. The first kappa shape index (κ1) is 13.5. The maximum atomic E-state index is 12.3. The van der Waals surface area contributed by atoms with Crippen LogP contribution in [0.3, 0.4) is 0 Å². The molecule has 1 unspecified atom stereocenters. The molecule has 3 nitrogen and oxygen atoms in total. The van der Waals surface area contributed by atoms with Crippen LogP contribution in [0.5, 0.6) is 0 Å². The van der Waals surface area contributed by atoms with Crippen molar-refractivity contribution in [2.24, 2.45) is 0 Å². The van der Waals surface area contributed by atoms with E-state index in [1.54, 1.807) is 6.92 Å². The number of alkyl halides is 3.